The molecule has 6 rings (SSSR count). The number of rotatable bonds is 5. The Hall–Kier alpha value is -2.08. The van der Waals surface area contributed by atoms with E-state index in [9.17, 15) is 0 Å². The van der Waals surface area contributed by atoms with E-state index in [0.29, 0.717) is 22.6 Å². The molecule has 0 saturated heterocycles. The van der Waals surface area contributed by atoms with Gasteiger partial charge in [-0.1, -0.05) is 83.5 Å². The zero-order valence-corrected chi connectivity index (χ0v) is 25.2. The molecule has 2 heterocycles. The standard InChI is InChI=1S/C32H39BO2P2/c1-20(2)36(21(3)4)28-17-11-13-24-19-25-14-12-18-29-31(25)32(30(24)28)33(37(29,22(5)6)23(7)8)34-26-15-9-10-16-27(26)35-33/h9-23H,1-8H3. The minimum Gasteiger partial charge on any atom is -0.643 e. The Labute approximate surface area is 224 Å². The average molecular weight is 528 g/mol. The van der Waals surface area contributed by atoms with E-state index in [1.54, 1.807) is 0 Å². The van der Waals surface area contributed by atoms with Crippen LogP contribution in [0.1, 0.15) is 55.4 Å². The van der Waals surface area contributed by atoms with Crippen LogP contribution in [0.3, 0.4) is 0 Å². The third-order valence-electron chi connectivity index (χ3n) is 8.87. The van der Waals surface area contributed by atoms with Gasteiger partial charge in [0.15, 0.2) is 0 Å². The molecule has 37 heavy (non-hydrogen) atoms. The molecule has 5 heteroatoms. The summed E-state index contributed by atoms with van der Waals surface area (Å²) in [6.07, 6.45) is -1.79. The minimum atomic E-state index is -1.99. The highest BCUT2D eigenvalue weighted by Gasteiger charge is 2.72. The number of hydrogen-bond donors (Lipinski definition) is 0. The summed E-state index contributed by atoms with van der Waals surface area (Å²) in [5, 5.41) is 8.49. The molecule has 0 unspecified atom stereocenters. The first-order valence-corrected chi connectivity index (χ1v) is 17.4. The van der Waals surface area contributed by atoms with E-state index in [-0.39, 0.29) is 7.92 Å². The average Bonchev–Trinajstić information content (AvgIpc) is 3.33. The second kappa shape index (κ2) is 8.72. The van der Waals surface area contributed by atoms with Crippen LogP contribution in [0, 0.1) is 0 Å². The summed E-state index contributed by atoms with van der Waals surface area (Å²) in [5.74, 6) is 1.80. The van der Waals surface area contributed by atoms with Crippen LogP contribution in [0.25, 0.3) is 21.5 Å². The first kappa shape index (κ1) is 25.2. The number of para-hydroxylation sites is 2. The fourth-order valence-electron chi connectivity index (χ4n) is 7.93. The molecule has 0 amide bonds. The van der Waals surface area contributed by atoms with Gasteiger partial charge in [0.1, 0.15) is 11.5 Å². The summed E-state index contributed by atoms with van der Waals surface area (Å²) in [6, 6.07) is 24.8. The highest BCUT2D eigenvalue weighted by Crippen LogP contribution is 2.76. The fourth-order valence-corrected chi connectivity index (χ4v) is 17.5. The Morgan fingerprint density at radius 1 is 0.649 bits per heavy atom. The van der Waals surface area contributed by atoms with Gasteiger partial charge in [-0.2, -0.15) is 0 Å². The fraction of sp³-hybridized carbons (Fsp3) is 0.375. The lowest BCUT2D eigenvalue weighted by Crippen LogP contribution is -2.60. The molecule has 0 atom stereocenters. The molecule has 1 spiro atoms. The lowest BCUT2D eigenvalue weighted by molar-refractivity contribution is 0.504. The van der Waals surface area contributed by atoms with Gasteiger partial charge in [-0.3, -0.25) is 0 Å². The first-order valence-electron chi connectivity index (χ1n) is 13.9. The highest BCUT2D eigenvalue weighted by atomic mass is 31.2. The summed E-state index contributed by atoms with van der Waals surface area (Å²) < 4.78 is 14.7. The summed E-state index contributed by atoms with van der Waals surface area (Å²) in [5.41, 5.74) is 3.42. The van der Waals surface area contributed by atoms with Gasteiger partial charge in [0.05, 0.1) is 5.30 Å². The Bertz CT molecular complexity index is 1480. The molecule has 0 aromatic heterocycles. The topological polar surface area (TPSA) is 18.5 Å². The van der Waals surface area contributed by atoms with E-state index in [1.165, 1.54) is 37.6 Å². The van der Waals surface area contributed by atoms with Crippen molar-refractivity contribution in [3.63, 3.8) is 0 Å². The molecule has 4 aromatic rings. The van der Waals surface area contributed by atoms with Gasteiger partial charge in [-0.25, -0.2) is 0 Å². The summed E-state index contributed by atoms with van der Waals surface area (Å²) in [7, 11) is -2.35. The molecule has 4 aromatic carbocycles. The van der Waals surface area contributed by atoms with Crippen molar-refractivity contribution < 1.29 is 9.31 Å². The zero-order chi connectivity index (χ0) is 26.3. The van der Waals surface area contributed by atoms with E-state index in [4.69, 9.17) is 9.31 Å². The van der Waals surface area contributed by atoms with Gasteiger partial charge >= 0.3 is 6.27 Å². The van der Waals surface area contributed by atoms with E-state index in [2.05, 4.69) is 122 Å². The van der Waals surface area contributed by atoms with E-state index >= 15 is 0 Å². The summed E-state index contributed by atoms with van der Waals surface area (Å²) >= 11 is 0. The van der Waals surface area contributed by atoms with E-state index in [0.717, 1.165) is 11.5 Å². The number of hydrogen-bond acceptors (Lipinski definition) is 2. The van der Waals surface area contributed by atoms with Crippen LogP contribution in [0.15, 0.2) is 66.7 Å². The highest BCUT2D eigenvalue weighted by molar-refractivity contribution is 8.15. The molecule has 0 N–H and O–H groups in total. The third kappa shape index (κ3) is 3.20. The van der Waals surface area contributed by atoms with Crippen molar-refractivity contribution >= 4 is 59.0 Å². The van der Waals surface area contributed by atoms with Gasteiger partial charge in [-0.15, -0.1) is 0 Å². The van der Waals surface area contributed by atoms with Crippen molar-refractivity contribution in [1.82, 2.24) is 0 Å². The van der Waals surface area contributed by atoms with Crippen LogP contribution >= 0.6 is 15.1 Å². The lowest BCUT2D eigenvalue weighted by Gasteiger charge is -2.47. The number of benzene rings is 4. The van der Waals surface area contributed by atoms with Crippen LogP contribution in [0.4, 0.5) is 0 Å². The first-order chi connectivity index (χ1) is 17.6. The smallest absolute Gasteiger partial charge is 0.551 e. The molecule has 2 aliphatic rings. The number of fused-ring (bicyclic) bond motifs is 4. The van der Waals surface area contributed by atoms with Gasteiger partial charge in [0.25, 0.3) is 0 Å². The summed E-state index contributed by atoms with van der Waals surface area (Å²) in [6.45, 7) is 19.2. The van der Waals surface area contributed by atoms with E-state index < -0.39 is 13.4 Å². The predicted octanol–water partition coefficient (Wildman–Crippen LogP) is 8.01. The van der Waals surface area contributed by atoms with Gasteiger partial charge in [0.2, 0.25) is 0 Å². The Morgan fingerprint density at radius 2 is 1.19 bits per heavy atom. The monoisotopic (exact) mass is 528 g/mol. The van der Waals surface area contributed by atoms with Crippen LogP contribution in [0.2, 0.25) is 0 Å². The second-order valence-corrected chi connectivity index (χ2v) is 20.3. The minimum absolute atomic E-state index is 0.368. The molecule has 0 fully saturated rings. The van der Waals surface area contributed by atoms with Crippen molar-refractivity contribution in [3.8, 4) is 11.5 Å². The normalized spacial score (nSPS) is 17.1. The molecule has 0 aliphatic carbocycles. The zero-order valence-electron chi connectivity index (χ0n) is 23.4. The Kier molecular flexibility index (Phi) is 5.95. The van der Waals surface area contributed by atoms with E-state index in [1.807, 2.05) is 0 Å². The maximum absolute atomic E-state index is 7.33. The molecule has 0 radical (unpaired) electrons. The van der Waals surface area contributed by atoms with Crippen molar-refractivity contribution in [3.05, 3.63) is 66.7 Å². The van der Waals surface area contributed by atoms with Crippen LogP contribution in [-0.4, -0.2) is 28.9 Å². The Balaban J connectivity index is 1.83. The van der Waals surface area contributed by atoms with Crippen LogP contribution in [0.5, 0.6) is 11.5 Å². The quantitative estimate of drug-likeness (QED) is 0.148. The van der Waals surface area contributed by atoms with Crippen molar-refractivity contribution in [2.75, 3.05) is 0 Å². The van der Waals surface area contributed by atoms with Gasteiger partial charge in [0, 0.05) is 11.3 Å². The molecule has 192 valence electrons. The van der Waals surface area contributed by atoms with Crippen molar-refractivity contribution in [2.45, 2.75) is 78.0 Å². The van der Waals surface area contributed by atoms with Gasteiger partial charge < -0.3 is 9.31 Å². The molecule has 2 aliphatic heterocycles. The maximum atomic E-state index is 7.33. The second-order valence-electron chi connectivity index (χ2n) is 12.0. The summed E-state index contributed by atoms with van der Waals surface area (Å²) in [4.78, 5) is 0. The third-order valence-corrected chi connectivity index (χ3v) is 18.2. The van der Waals surface area contributed by atoms with Crippen molar-refractivity contribution in [1.29, 1.82) is 0 Å². The van der Waals surface area contributed by atoms with Crippen LogP contribution < -0.4 is 25.4 Å². The van der Waals surface area contributed by atoms with Crippen LogP contribution in [-0.2, 0) is 0 Å². The largest absolute Gasteiger partial charge is 0.643 e. The van der Waals surface area contributed by atoms with Gasteiger partial charge in [-0.05, 0) is 97.3 Å². The molecule has 2 nitrogen and oxygen atoms in total. The lowest BCUT2D eigenvalue weighted by atomic mass is 9.71. The molecule has 0 saturated carbocycles. The van der Waals surface area contributed by atoms with Crippen molar-refractivity contribution in [2.24, 2.45) is 0 Å². The SMILES string of the molecule is CC(C)P(c1cccc2cc3cccc4c3c(c12)[B-]1(Oc2ccccc2O1)[P+]4(C(C)C)C(C)C)C(C)C. The molecular formula is C32H39BO2P2. The molecular weight excluding hydrogens is 489 g/mol. The Morgan fingerprint density at radius 3 is 1.73 bits per heavy atom. The predicted molar refractivity (Wildman–Crippen MR) is 168 cm³/mol. The molecule has 0 bridgehead atoms. The maximum Gasteiger partial charge on any atom is 0.551 e.